The molecule has 136 valence electrons. The molecule has 0 spiro atoms. The lowest BCUT2D eigenvalue weighted by molar-refractivity contribution is 0.131. The third-order valence-electron chi connectivity index (χ3n) is 7.45. The minimum Gasteiger partial charge on any atom is -0.327 e. The van der Waals surface area contributed by atoms with Crippen LogP contribution in [0, 0.1) is 35.5 Å². The van der Waals surface area contributed by atoms with Gasteiger partial charge in [-0.3, -0.25) is 0 Å². The van der Waals surface area contributed by atoms with E-state index in [1.165, 1.54) is 57.8 Å². The van der Waals surface area contributed by atoms with Crippen molar-refractivity contribution in [2.24, 2.45) is 41.2 Å². The van der Waals surface area contributed by atoms with Gasteiger partial charge in [0, 0.05) is 6.04 Å². The third-order valence-corrected chi connectivity index (χ3v) is 7.45. The van der Waals surface area contributed by atoms with E-state index in [1.807, 2.05) is 0 Å². The zero-order valence-electron chi connectivity index (χ0n) is 16.4. The van der Waals surface area contributed by atoms with E-state index < -0.39 is 0 Å². The molecule has 0 aromatic heterocycles. The van der Waals surface area contributed by atoms with Gasteiger partial charge in [-0.1, -0.05) is 66.2 Å². The van der Waals surface area contributed by atoms with Crippen LogP contribution in [-0.2, 0) is 0 Å². The fourth-order valence-corrected chi connectivity index (χ4v) is 5.31. The predicted octanol–water partition coefficient (Wildman–Crippen LogP) is 6.41. The van der Waals surface area contributed by atoms with Gasteiger partial charge in [0.05, 0.1) is 0 Å². The molecule has 1 nitrogen and oxygen atoms in total. The Labute approximate surface area is 146 Å². The molecule has 0 aromatic carbocycles. The first-order valence-corrected chi connectivity index (χ1v) is 10.7. The average molecular weight is 322 g/mol. The van der Waals surface area contributed by atoms with Crippen molar-refractivity contribution >= 4 is 0 Å². The van der Waals surface area contributed by atoms with Crippen LogP contribution in [0.2, 0.25) is 0 Å². The first-order valence-electron chi connectivity index (χ1n) is 10.7. The summed E-state index contributed by atoms with van der Waals surface area (Å²) in [6.45, 7) is 9.50. The summed E-state index contributed by atoms with van der Waals surface area (Å²) in [7, 11) is 0. The Morgan fingerprint density at radius 2 is 1.26 bits per heavy atom. The zero-order chi connectivity index (χ0) is 16.8. The molecular formula is C22H43N. The van der Waals surface area contributed by atoms with Crippen LogP contribution in [0.4, 0.5) is 0 Å². The lowest BCUT2D eigenvalue weighted by Crippen LogP contribution is -2.33. The SMILES string of the molecule is CC1CCC(C2CCCCC2)CC1C.CC1CCC(N)C(C)C1. The molecule has 3 saturated carbocycles. The molecule has 0 radical (unpaired) electrons. The Balaban J connectivity index is 0.000000185. The van der Waals surface area contributed by atoms with Crippen LogP contribution in [0.25, 0.3) is 0 Å². The van der Waals surface area contributed by atoms with Gasteiger partial charge >= 0.3 is 0 Å². The molecule has 1 heteroatoms. The molecule has 3 rings (SSSR count). The Morgan fingerprint density at radius 3 is 1.83 bits per heavy atom. The molecule has 0 bridgehead atoms. The van der Waals surface area contributed by atoms with E-state index in [-0.39, 0.29) is 0 Å². The van der Waals surface area contributed by atoms with E-state index in [4.69, 9.17) is 5.73 Å². The van der Waals surface area contributed by atoms with Crippen LogP contribution in [0.3, 0.4) is 0 Å². The second kappa shape index (κ2) is 9.44. The maximum absolute atomic E-state index is 5.84. The van der Waals surface area contributed by atoms with E-state index in [0.717, 1.165) is 35.5 Å². The summed E-state index contributed by atoms with van der Waals surface area (Å²) >= 11 is 0. The Bertz CT molecular complexity index is 320. The number of nitrogens with two attached hydrogens (primary N) is 1. The summed E-state index contributed by atoms with van der Waals surface area (Å²) in [5.41, 5.74) is 5.84. The van der Waals surface area contributed by atoms with Crippen molar-refractivity contribution in [1.82, 2.24) is 0 Å². The van der Waals surface area contributed by atoms with Gasteiger partial charge in [-0.15, -0.1) is 0 Å². The molecule has 0 saturated heterocycles. The van der Waals surface area contributed by atoms with Gasteiger partial charge < -0.3 is 5.73 Å². The van der Waals surface area contributed by atoms with Gasteiger partial charge in [-0.25, -0.2) is 0 Å². The van der Waals surface area contributed by atoms with Gasteiger partial charge in [0.25, 0.3) is 0 Å². The van der Waals surface area contributed by atoms with Gasteiger partial charge in [0.15, 0.2) is 0 Å². The van der Waals surface area contributed by atoms with E-state index >= 15 is 0 Å². The smallest absolute Gasteiger partial charge is 0.00647 e. The van der Waals surface area contributed by atoms with Crippen molar-refractivity contribution in [2.75, 3.05) is 0 Å². The summed E-state index contributed by atoms with van der Waals surface area (Å²) in [6.07, 6.45) is 16.1. The zero-order valence-corrected chi connectivity index (χ0v) is 16.4. The largest absolute Gasteiger partial charge is 0.327 e. The maximum atomic E-state index is 5.84. The standard InChI is InChI=1S/C14H26.C8H17N/c1-11-8-9-14(10-12(11)2)13-6-4-3-5-7-13;1-6-3-4-8(9)7(2)5-6/h11-14H,3-10H2,1-2H3;6-8H,3-5,9H2,1-2H3. The van der Waals surface area contributed by atoms with Crippen LogP contribution in [0.5, 0.6) is 0 Å². The molecule has 3 fully saturated rings. The Hall–Kier alpha value is -0.0400. The van der Waals surface area contributed by atoms with Gasteiger partial charge in [-0.05, 0) is 67.6 Å². The quantitative estimate of drug-likeness (QED) is 0.593. The van der Waals surface area contributed by atoms with Gasteiger partial charge in [-0.2, -0.15) is 0 Å². The third kappa shape index (κ3) is 6.07. The molecule has 6 unspecified atom stereocenters. The van der Waals surface area contributed by atoms with Gasteiger partial charge in [0.1, 0.15) is 0 Å². The predicted molar refractivity (Wildman–Crippen MR) is 102 cm³/mol. The lowest BCUT2D eigenvalue weighted by atomic mass is 9.68. The molecule has 3 aliphatic carbocycles. The first kappa shape index (κ1) is 19.3. The highest BCUT2D eigenvalue weighted by atomic mass is 14.7. The van der Waals surface area contributed by atoms with Crippen molar-refractivity contribution in [3.05, 3.63) is 0 Å². The topological polar surface area (TPSA) is 26.0 Å². The van der Waals surface area contributed by atoms with Crippen LogP contribution in [0.1, 0.15) is 98.3 Å². The molecular weight excluding hydrogens is 278 g/mol. The van der Waals surface area contributed by atoms with Crippen molar-refractivity contribution < 1.29 is 0 Å². The van der Waals surface area contributed by atoms with Crippen LogP contribution < -0.4 is 5.73 Å². The molecule has 0 aliphatic heterocycles. The second-order valence-corrected chi connectivity index (χ2v) is 9.49. The highest BCUT2D eigenvalue weighted by molar-refractivity contribution is 4.81. The average Bonchev–Trinajstić information content (AvgIpc) is 2.55. The Morgan fingerprint density at radius 1 is 0.565 bits per heavy atom. The van der Waals surface area contributed by atoms with Crippen LogP contribution >= 0.6 is 0 Å². The van der Waals surface area contributed by atoms with Gasteiger partial charge in [0.2, 0.25) is 0 Å². The normalized spacial score (nSPS) is 42.7. The highest BCUT2D eigenvalue weighted by Crippen LogP contribution is 2.42. The summed E-state index contributed by atoms with van der Waals surface area (Å²) in [5.74, 6) is 5.87. The van der Waals surface area contributed by atoms with E-state index in [1.54, 1.807) is 12.8 Å². The molecule has 0 aromatic rings. The van der Waals surface area contributed by atoms with Crippen molar-refractivity contribution in [3.63, 3.8) is 0 Å². The molecule has 3 aliphatic rings. The summed E-state index contributed by atoms with van der Waals surface area (Å²) in [5, 5.41) is 0. The summed E-state index contributed by atoms with van der Waals surface area (Å²) in [4.78, 5) is 0. The number of hydrogen-bond donors (Lipinski definition) is 1. The number of rotatable bonds is 1. The Kier molecular flexibility index (Phi) is 7.92. The molecule has 6 atom stereocenters. The van der Waals surface area contributed by atoms with Crippen molar-refractivity contribution in [3.8, 4) is 0 Å². The van der Waals surface area contributed by atoms with Crippen molar-refractivity contribution in [1.29, 1.82) is 0 Å². The van der Waals surface area contributed by atoms with E-state index in [9.17, 15) is 0 Å². The summed E-state index contributed by atoms with van der Waals surface area (Å²) < 4.78 is 0. The van der Waals surface area contributed by atoms with Crippen LogP contribution in [0.15, 0.2) is 0 Å². The minimum absolute atomic E-state index is 0.487. The van der Waals surface area contributed by atoms with Crippen molar-refractivity contribution in [2.45, 2.75) is 104 Å². The highest BCUT2D eigenvalue weighted by Gasteiger charge is 2.30. The molecule has 2 N–H and O–H groups in total. The molecule has 0 heterocycles. The second-order valence-electron chi connectivity index (χ2n) is 9.49. The molecule has 0 amide bonds. The summed E-state index contributed by atoms with van der Waals surface area (Å²) in [6, 6.07) is 0.487. The van der Waals surface area contributed by atoms with Crippen LogP contribution in [-0.4, -0.2) is 6.04 Å². The lowest BCUT2D eigenvalue weighted by Gasteiger charge is -2.38. The fraction of sp³-hybridized carbons (Fsp3) is 1.00. The van der Waals surface area contributed by atoms with E-state index in [0.29, 0.717) is 6.04 Å². The first-order chi connectivity index (χ1) is 11.0. The number of hydrogen-bond acceptors (Lipinski definition) is 1. The maximum Gasteiger partial charge on any atom is 0.00647 e. The molecule has 23 heavy (non-hydrogen) atoms. The monoisotopic (exact) mass is 321 g/mol. The van der Waals surface area contributed by atoms with E-state index in [2.05, 4.69) is 27.7 Å². The fourth-order valence-electron chi connectivity index (χ4n) is 5.31. The minimum atomic E-state index is 0.487.